The van der Waals surface area contributed by atoms with E-state index in [1.807, 2.05) is 23.1 Å². The van der Waals surface area contributed by atoms with Gasteiger partial charge in [0.05, 0.1) is 13.0 Å². The highest BCUT2D eigenvalue weighted by atomic mass is 16.7. The maximum absolute atomic E-state index is 12.7. The lowest BCUT2D eigenvalue weighted by Gasteiger charge is -2.42. The largest absolute Gasteiger partial charge is 0.454 e. The fourth-order valence-corrected chi connectivity index (χ4v) is 4.05. The number of hydrogen-bond donors (Lipinski definition) is 1. The average molecular weight is 331 g/mol. The lowest BCUT2D eigenvalue weighted by molar-refractivity contribution is -0.135. The molecule has 1 aliphatic carbocycles. The third kappa shape index (κ3) is 3.22. The third-order valence-corrected chi connectivity index (χ3v) is 5.56. The molecule has 0 radical (unpaired) electrons. The number of nitrogens with zero attached hydrogens (tertiary/aromatic N) is 1. The van der Waals surface area contributed by atoms with Crippen molar-refractivity contribution in [3.8, 4) is 11.5 Å². The molecule has 2 fully saturated rings. The summed E-state index contributed by atoms with van der Waals surface area (Å²) >= 11 is 0. The van der Waals surface area contributed by atoms with Crippen LogP contribution in [0.1, 0.15) is 37.7 Å². The predicted octanol–water partition coefficient (Wildman–Crippen LogP) is 2.36. The summed E-state index contributed by atoms with van der Waals surface area (Å²) in [4.78, 5) is 14.7. The lowest BCUT2D eigenvalue weighted by atomic mass is 9.76. The van der Waals surface area contributed by atoms with Crippen molar-refractivity contribution in [2.24, 2.45) is 11.3 Å². The summed E-state index contributed by atoms with van der Waals surface area (Å²) in [5.74, 6) is 2.37. The van der Waals surface area contributed by atoms with Gasteiger partial charge in [-0.1, -0.05) is 18.9 Å². The Bertz CT molecular complexity index is 628. The van der Waals surface area contributed by atoms with Gasteiger partial charge in [-0.05, 0) is 42.9 Å². The number of benzene rings is 1. The van der Waals surface area contributed by atoms with E-state index < -0.39 is 0 Å². The highest BCUT2D eigenvalue weighted by molar-refractivity contribution is 5.79. The van der Waals surface area contributed by atoms with E-state index in [-0.39, 0.29) is 24.7 Å². The third-order valence-electron chi connectivity index (χ3n) is 5.56. The Balaban J connectivity index is 1.41. The fourth-order valence-electron chi connectivity index (χ4n) is 4.05. The van der Waals surface area contributed by atoms with Crippen molar-refractivity contribution in [3.05, 3.63) is 23.8 Å². The first kappa shape index (κ1) is 15.8. The predicted molar refractivity (Wildman–Crippen MR) is 88.9 cm³/mol. The number of likely N-dealkylation sites (tertiary alicyclic amines) is 1. The Morgan fingerprint density at radius 3 is 2.92 bits per heavy atom. The molecule has 1 saturated carbocycles. The van der Waals surface area contributed by atoms with Crippen molar-refractivity contribution in [2.75, 3.05) is 26.5 Å². The molecule has 0 bridgehead atoms. The molecule has 1 aromatic rings. The maximum atomic E-state index is 12.7. The Morgan fingerprint density at radius 1 is 1.29 bits per heavy atom. The number of amides is 1. The number of fused-ring (bicyclic) bond motifs is 1. The number of aliphatic hydroxyl groups is 1. The molecular weight excluding hydrogens is 306 g/mol. The van der Waals surface area contributed by atoms with Crippen LogP contribution in [0.2, 0.25) is 0 Å². The molecule has 1 aromatic carbocycles. The van der Waals surface area contributed by atoms with Gasteiger partial charge in [0.25, 0.3) is 0 Å². The first-order chi connectivity index (χ1) is 11.7. The van der Waals surface area contributed by atoms with Gasteiger partial charge in [0.1, 0.15) is 0 Å². The molecule has 3 aliphatic rings. The quantitative estimate of drug-likeness (QED) is 0.900. The molecule has 2 heterocycles. The standard InChI is InChI=1S/C19H25NO4/c21-12-19(10-14-2-3-14)6-1-7-20(11-19)18(22)9-15-4-5-16-17(8-15)24-13-23-16/h4-5,8,14,21H,1-3,6-7,9-13H2/t19-/m0/s1. The highest BCUT2D eigenvalue weighted by Crippen LogP contribution is 2.44. The molecule has 1 saturated heterocycles. The minimum atomic E-state index is -0.0794. The first-order valence-corrected chi connectivity index (χ1v) is 8.95. The molecule has 0 aromatic heterocycles. The van der Waals surface area contributed by atoms with E-state index in [4.69, 9.17) is 9.47 Å². The molecule has 130 valence electrons. The first-order valence-electron chi connectivity index (χ1n) is 8.95. The normalized spacial score (nSPS) is 25.8. The molecule has 1 atom stereocenters. The minimum Gasteiger partial charge on any atom is -0.454 e. The van der Waals surface area contributed by atoms with Gasteiger partial charge in [-0.3, -0.25) is 4.79 Å². The Morgan fingerprint density at radius 2 is 2.12 bits per heavy atom. The van der Waals surface area contributed by atoms with Gasteiger partial charge in [0.15, 0.2) is 11.5 Å². The molecule has 1 N–H and O–H groups in total. The number of piperidine rings is 1. The minimum absolute atomic E-state index is 0.0794. The van der Waals surface area contributed by atoms with Gasteiger partial charge in [-0.2, -0.15) is 0 Å². The number of carbonyl (C=O) groups excluding carboxylic acids is 1. The lowest BCUT2D eigenvalue weighted by Crippen LogP contribution is -2.48. The zero-order valence-corrected chi connectivity index (χ0v) is 14.0. The van der Waals surface area contributed by atoms with Crippen molar-refractivity contribution >= 4 is 5.91 Å². The van der Waals surface area contributed by atoms with E-state index in [1.54, 1.807) is 0 Å². The van der Waals surface area contributed by atoms with Crippen LogP contribution in [0.15, 0.2) is 18.2 Å². The molecule has 1 amide bonds. The Hall–Kier alpha value is -1.75. The summed E-state index contributed by atoms with van der Waals surface area (Å²) in [6.07, 6.45) is 6.03. The van der Waals surface area contributed by atoms with Gasteiger partial charge >= 0.3 is 0 Å². The van der Waals surface area contributed by atoms with Gasteiger partial charge < -0.3 is 19.5 Å². The van der Waals surface area contributed by atoms with Crippen molar-refractivity contribution in [2.45, 2.75) is 38.5 Å². The van der Waals surface area contributed by atoms with Crippen molar-refractivity contribution in [3.63, 3.8) is 0 Å². The molecule has 0 unspecified atom stereocenters. The number of hydrogen-bond acceptors (Lipinski definition) is 4. The topological polar surface area (TPSA) is 59.0 Å². The molecule has 5 nitrogen and oxygen atoms in total. The second-order valence-electron chi connectivity index (χ2n) is 7.59. The van der Waals surface area contributed by atoms with E-state index in [2.05, 4.69) is 0 Å². The van der Waals surface area contributed by atoms with Gasteiger partial charge in [0.2, 0.25) is 12.7 Å². The summed E-state index contributed by atoms with van der Waals surface area (Å²) in [6.45, 7) is 1.94. The van der Waals surface area contributed by atoms with Crippen LogP contribution in [0.4, 0.5) is 0 Å². The number of rotatable bonds is 5. The summed E-state index contributed by atoms with van der Waals surface area (Å²) in [5.41, 5.74) is 0.871. The second-order valence-corrected chi connectivity index (χ2v) is 7.59. The summed E-state index contributed by atoms with van der Waals surface area (Å²) < 4.78 is 10.7. The zero-order chi connectivity index (χ0) is 16.6. The van der Waals surface area contributed by atoms with Crippen molar-refractivity contribution in [1.29, 1.82) is 0 Å². The van der Waals surface area contributed by atoms with E-state index in [0.717, 1.165) is 48.8 Å². The molecule has 4 rings (SSSR count). The Kier molecular flexibility index (Phi) is 4.12. The molecule has 24 heavy (non-hydrogen) atoms. The van der Waals surface area contributed by atoms with Crippen molar-refractivity contribution < 1.29 is 19.4 Å². The van der Waals surface area contributed by atoms with Crippen LogP contribution in [0.5, 0.6) is 11.5 Å². The smallest absolute Gasteiger partial charge is 0.231 e. The molecular formula is C19H25NO4. The van der Waals surface area contributed by atoms with Crippen LogP contribution in [0.3, 0.4) is 0 Å². The number of aliphatic hydroxyl groups excluding tert-OH is 1. The fraction of sp³-hybridized carbons (Fsp3) is 0.632. The Labute approximate surface area is 142 Å². The van der Waals surface area contributed by atoms with Crippen LogP contribution in [-0.2, 0) is 11.2 Å². The zero-order valence-electron chi connectivity index (χ0n) is 14.0. The van der Waals surface area contributed by atoms with Crippen LogP contribution < -0.4 is 9.47 Å². The van der Waals surface area contributed by atoms with Gasteiger partial charge in [-0.15, -0.1) is 0 Å². The maximum Gasteiger partial charge on any atom is 0.231 e. The van der Waals surface area contributed by atoms with Gasteiger partial charge in [-0.25, -0.2) is 0 Å². The summed E-state index contributed by atoms with van der Waals surface area (Å²) in [6, 6.07) is 5.69. The second kappa shape index (κ2) is 6.28. The van der Waals surface area contributed by atoms with Crippen LogP contribution in [0, 0.1) is 11.3 Å². The van der Waals surface area contributed by atoms with Crippen LogP contribution >= 0.6 is 0 Å². The van der Waals surface area contributed by atoms with Crippen LogP contribution in [0.25, 0.3) is 0 Å². The average Bonchev–Trinajstić information content (AvgIpc) is 3.28. The van der Waals surface area contributed by atoms with Crippen LogP contribution in [-0.4, -0.2) is 42.4 Å². The molecule has 5 heteroatoms. The van der Waals surface area contributed by atoms with E-state index in [0.29, 0.717) is 13.0 Å². The SMILES string of the molecule is O=C(Cc1ccc2c(c1)OCO2)N1CCC[C@](CO)(CC2CC2)C1. The number of ether oxygens (including phenoxy) is 2. The van der Waals surface area contributed by atoms with E-state index >= 15 is 0 Å². The highest BCUT2D eigenvalue weighted by Gasteiger charge is 2.40. The number of carbonyl (C=O) groups is 1. The summed E-state index contributed by atoms with van der Waals surface area (Å²) in [7, 11) is 0. The summed E-state index contributed by atoms with van der Waals surface area (Å²) in [5, 5.41) is 9.94. The van der Waals surface area contributed by atoms with Gasteiger partial charge in [0, 0.05) is 18.5 Å². The van der Waals surface area contributed by atoms with Crippen molar-refractivity contribution in [1.82, 2.24) is 4.90 Å². The van der Waals surface area contributed by atoms with E-state index in [9.17, 15) is 9.90 Å². The molecule has 0 spiro atoms. The monoisotopic (exact) mass is 331 g/mol. The van der Waals surface area contributed by atoms with E-state index in [1.165, 1.54) is 12.8 Å². The molecule has 2 aliphatic heterocycles.